The van der Waals surface area contributed by atoms with Crippen molar-refractivity contribution in [2.45, 2.75) is 121 Å². The maximum absolute atomic E-state index is 15.8. The summed E-state index contributed by atoms with van der Waals surface area (Å²) in [6.07, 6.45) is 0.699. The second kappa shape index (κ2) is 30.5. The van der Waals surface area contributed by atoms with Crippen molar-refractivity contribution in [3.8, 4) is 43.4 Å². The monoisotopic (exact) mass is 1460 g/mol. The summed E-state index contributed by atoms with van der Waals surface area (Å²) in [6.45, 7) is 8.40. The molecule has 2 aromatic carbocycles. The van der Waals surface area contributed by atoms with Crippen molar-refractivity contribution in [3.63, 3.8) is 0 Å². The number of carboxylic acid groups (broad SMARTS) is 1. The summed E-state index contributed by atoms with van der Waals surface area (Å²) in [4.78, 5) is 151. The molecule has 518 valence electrons. The van der Waals surface area contributed by atoms with Gasteiger partial charge in [-0.1, -0.05) is 67.1 Å². The quantitative estimate of drug-likeness (QED) is 0.0532. The van der Waals surface area contributed by atoms with Crippen LogP contribution in [-0.4, -0.2) is 153 Å². The number of carboxylic acids is 1. The average molecular weight is 1460 g/mol. The zero-order chi connectivity index (χ0) is 69.9. The van der Waals surface area contributed by atoms with Crippen LogP contribution in [0.4, 0.5) is 4.79 Å². The number of aliphatic carboxylic acids is 1. The van der Waals surface area contributed by atoms with Gasteiger partial charge in [-0.3, -0.25) is 33.6 Å². The number of benzene rings is 2. The molecule has 0 spiro atoms. The predicted molar refractivity (Wildman–Crippen MR) is 379 cm³/mol. The Morgan fingerprint density at radius 3 is 2.11 bits per heavy atom. The third kappa shape index (κ3) is 15.6. The fourth-order valence-corrected chi connectivity index (χ4v) is 18.4. The van der Waals surface area contributed by atoms with Crippen LogP contribution < -0.4 is 27.0 Å². The first-order valence-electron chi connectivity index (χ1n) is 32.8. The number of fused-ring (bicyclic) bond motifs is 16. The Labute approximate surface area is 598 Å². The number of pyridine rings is 1. The number of aliphatic hydroxyl groups excluding tert-OH is 1. The lowest BCUT2D eigenvalue weighted by molar-refractivity contribution is -0.143. The van der Waals surface area contributed by atoms with Crippen LogP contribution in [0.3, 0.4) is 0 Å². The van der Waals surface area contributed by atoms with Crippen molar-refractivity contribution in [2.75, 3.05) is 32.7 Å². The Hall–Kier alpha value is -8.95. The minimum atomic E-state index is -1.31. The standard InChI is InChI=1S/C69H70N14O11S6/c1-34-11-13-37(14-12-34)25-45-67(90)83-28-52(94-69(93)71-21-24-82-22-7-8-23-82)35(2)56(83)66-80-50(33-99-66)64-76-46(29-97-64)55-41(19-20-43(73-55)63-79-47(32-98-63)58(87)72-40-17-15-39(16-18-40)68(91)92)61-77-48(30-95-61)59(88)74-44(27-53(70)85)65-81-54(36(3)100-65)51(84)26-42(57(86)38-9-5-4-6-10-38)62-78-49(31-96-62)60(89)75-45/h4-6,9-14,19-20,29-33,35,39-40,42,44-45,52,56-57,86H,7-8,15-18,21-28H2,1-3H3,(H2,70,85)(H,71,93)(H,72,87)(H,74,88)(H,75,89)(H,91,92)/t35-,39?,40?,42-,44-,45-,52-,56-,57+/m0/s1. The zero-order valence-corrected chi connectivity index (χ0v) is 59.4. The molecule has 100 heavy (non-hydrogen) atoms. The number of Topliss-reactive ketones (excluding diaryl/α,β-unsaturated/α-hetero) is 1. The summed E-state index contributed by atoms with van der Waals surface area (Å²) in [5.41, 5.74) is 10.2. The summed E-state index contributed by atoms with van der Waals surface area (Å²) < 4.78 is 6.21. The second-order valence-electron chi connectivity index (χ2n) is 25.4. The van der Waals surface area contributed by atoms with Crippen molar-refractivity contribution in [2.24, 2.45) is 17.6 Å². The van der Waals surface area contributed by atoms with Gasteiger partial charge in [-0.15, -0.1) is 68.0 Å². The maximum Gasteiger partial charge on any atom is 0.407 e. The van der Waals surface area contributed by atoms with E-state index in [1.807, 2.05) is 48.9 Å². The Bertz CT molecular complexity index is 4530. The van der Waals surface area contributed by atoms with Gasteiger partial charge < -0.3 is 51.8 Å². The largest absolute Gasteiger partial charge is 0.481 e. The molecule has 13 rings (SSSR count). The topological polar surface area (TPSA) is 357 Å². The SMILES string of the molecule is Cc1ccc(C[C@@H]2NC(=O)c3csc(n3)[C@H]([C@H](O)c3ccccc3)CC(=O)c3nc(sc3C)[C@H](CC(N)=O)NC(=O)c3csc(n3)-c3ccc(-c4nc(C(=O)NC5CCC(C(=O)O)CC5)cs4)nc3-c3csc(n3)-c3csc(n3)[C@@H]3[C@@H](C)[C@@H](OC(=O)NCCN4CCCC4)CN3C2=O)cc1. The minimum Gasteiger partial charge on any atom is -0.481 e. The van der Waals surface area contributed by atoms with Gasteiger partial charge >= 0.3 is 12.1 Å². The molecule has 2 saturated heterocycles. The fourth-order valence-electron chi connectivity index (χ4n) is 13.0. The molecule has 3 aliphatic heterocycles. The molecule has 8 N–H and O–H groups in total. The molecule has 25 nitrogen and oxygen atoms in total. The van der Waals surface area contributed by atoms with E-state index in [-0.39, 0.29) is 64.6 Å². The highest BCUT2D eigenvalue weighted by Gasteiger charge is 2.48. The molecule has 31 heteroatoms. The first-order valence-corrected chi connectivity index (χ1v) is 38.0. The van der Waals surface area contributed by atoms with Gasteiger partial charge in [0, 0.05) is 81.1 Å². The Morgan fingerprint density at radius 2 is 1.36 bits per heavy atom. The van der Waals surface area contributed by atoms with Gasteiger partial charge in [-0.2, -0.15) is 0 Å². The van der Waals surface area contributed by atoms with Gasteiger partial charge in [0.05, 0.1) is 47.8 Å². The van der Waals surface area contributed by atoms with E-state index < -0.39 is 95.5 Å². The molecule has 10 heterocycles. The van der Waals surface area contributed by atoms with Gasteiger partial charge in [-0.25, -0.2) is 39.7 Å². The van der Waals surface area contributed by atoms with Crippen LogP contribution in [0.5, 0.6) is 0 Å². The normalized spacial score (nSPS) is 21.7. The van der Waals surface area contributed by atoms with Crippen LogP contribution in [0.1, 0.15) is 161 Å². The van der Waals surface area contributed by atoms with Gasteiger partial charge in [0.15, 0.2) is 5.78 Å². The number of nitrogens with one attached hydrogen (secondary N) is 4. The van der Waals surface area contributed by atoms with E-state index in [4.69, 9.17) is 45.4 Å². The maximum atomic E-state index is 15.8. The smallest absolute Gasteiger partial charge is 0.407 e. The molecular weight excluding hydrogens is 1390 g/mol. The number of amides is 6. The highest BCUT2D eigenvalue weighted by Crippen LogP contribution is 2.44. The number of aliphatic hydroxyl groups is 1. The van der Waals surface area contributed by atoms with E-state index in [0.717, 1.165) is 71.1 Å². The Morgan fingerprint density at radius 1 is 0.700 bits per heavy atom. The molecule has 1 saturated carbocycles. The van der Waals surface area contributed by atoms with E-state index >= 15 is 4.79 Å². The van der Waals surface area contributed by atoms with E-state index in [1.54, 1.807) is 65.0 Å². The number of aromatic nitrogens is 7. The van der Waals surface area contributed by atoms with E-state index in [1.165, 1.54) is 39.4 Å². The molecule has 7 atom stereocenters. The number of primary amides is 1. The lowest BCUT2D eigenvalue weighted by Crippen LogP contribution is -2.50. The van der Waals surface area contributed by atoms with Crippen LogP contribution in [0.25, 0.3) is 43.4 Å². The number of ether oxygens (including phenoxy) is 1. The van der Waals surface area contributed by atoms with Crippen molar-refractivity contribution < 1.29 is 53.3 Å². The van der Waals surface area contributed by atoms with Gasteiger partial charge in [0.25, 0.3) is 17.7 Å². The minimum absolute atomic E-state index is 0.0193. The van der Waals surface area contributed by atoms with Crippen molar-refractivity contribution in [1.29, 1.82) is 0 Å². The molecule has 1 aliphatic carbocycles. The summed E-state index contributed by atoms with van der Waals surface area (Å²) in [5, 5.41) is 44.2. The summed E-state index contributed by atoms with van der Waals surface area (Å²) in [7, 11) is 0. The molecular formula is C69H70N14O11S6. The highest BCUT2D eigenvalue weighted by atomic mass is 32.1. The second-order valence-corrected chi connectivity index (χ2v) is 31.0. The molecule has 3 fully saturated rings. The van der Waals surface area contributed by atoms with Crippen LogP contribution in [0.2, 0.25) is 0 Å². The lowest BCUT2D eigenvalue weighted by Gasteiger charge is -2.29. The van der Waals surface area contributed by atoms with Crippen molar-refractivity contribution >= 4 is 115 Å². The third-order valence-electron chi connectivity index (χ3n) is 18.5. The predicted octanol–water partition coefficient (Wildman–Crippen LogP) is 9.98. The van der Waals surface area contributed by atoms with Crippen molar-refractivity contribution in [3.05, 3.63) is 153 Å². The number of aryl methyl sites for hydroxylation is 2. The molecule has 4 aliphatic rings. The zero-order valence-electron chi connectivity index (χ0n) is 54.5. The van der Waals surface area contributed by atoms with E-state index in [0.29, 0.717) is 97.6 Å². The third-order valence-corrected chi connectivity index (χ3v) is 24.0. The average Bonchev–Trinajstić information content (AvgIpc) is 1.60. The first kappa shape index (κ1) is 69.5. The van der Waals surface area contributed by atoms with Gasteiger partial charge in [0.1, 0.15) is 77.0 Å². The Balaban J connectivity index is 0.889. The molecule has 9 aromatic rings. The first-order chi connectivity index (χ1) is 48.3. The van der Waals surface area contributed by atoms with Crippen LogP contribution >= 0.6 is 68.0 Å². The number of ketones is 1. The van der Waals surface area contributed by atoms with Gasteiger partial charge in [0.2, 0.25) is 11.8 Å². The van der Waals surface area contributed by atoms with Crippen LogP contribution in [0, 0.1) is 25.7 Å². The van der Waals surface area contributed by atoms with Crippen molar-refractivity contribution in [1.82, 2.24) is 66.0 Å². The number of thiazole rings is 6. The summed E-state index contributed by atoms with van der Waals surface area (Å²) in [6, 6.07) is 16.5. The van der Waals surface area contributed by atoms with Crippen LogP contribution in [0.15, 0.2) is 93.6 Å². The number of likely N-dealkylation sites (tertiary alicyclic amines) is 1. The number of hydrogen-bond acceptors (Lipinski definition) is 24. The van der Waals surface area contributed by atoms with E-state index in [9.17, 15) is 43.8 Å². The number of nitrogens with two attached hydrogens (primary N) is 1. The molecule has 0 unspecified atom stereocenters. The highest BCUT2D eigenvalue weighted by molar-refractivity contribution is 7.15. The van der Waals surface area contributed by atoms with Crippen LogP contribution in [-0.2, 0) is 25.5 Å². The Kier molecular flexibility index (Phi) is 21.2. The molecule has 7 aromatic heterocycles. The number of nitrogens with zero attached hydrogens (tertiary/aromatic N) is 9. The van der Waals surface area contributed by atoms with E-state index in [2.05, 4.69) is 26.2 Å². The van der Waals surface area contributed by atoms with Gasteiger partial charge in [-0.05, 0) is 88.7 Å². The number of rotatable bonds is 14. The molecule has 6 amide bonds. The number of hydrogen-bond donors (Lipinski definition) is 7. The number of carbonyl (C=O) groups excluding carboxylic acids is 7. The fraction of sp³-hybridized carbons (Fsp3) is 0.377. The molecule has 10 bridgehead atoms. The summed E-state index contributed by atoms with van der Waals surface area (Å²) >= 11 is 7.09. The number of carbonyl (C=O) groups is 8. The number of alkyl carbamates (subject to hydrolysis) is 1. The lowest BCUT2D eigenvalue weighted by atomic mass is 9.86. The summed E-state index contributed by atoms with van der Waals surface area (Å²) in [5.74, 6) is -6.35. The molecule has 0 radical (unpaired) electrons.